The highest BCUT2D eigenvalue weighted by Gasteiger charge is 2.48. The molecule has 2 aliphatic rings. The minimum atomic E-state index is -0.883. The van der Waals surface area contributed by atoms with Gasteiger partial charge in [-0.2, -0.15) is 0 Å². The van der Waals surface area contributed by atoms with E-state index in [4.69, 9.17) is 4.42 Å². The van der Waals surface area contributed by atoms with Crippen molar-refractivity contribution in [2.45, 2.75) is 39.2 Å². The van der Waals surface area contributed by atoms with E-state index in [2.05, 4.69) is 17.9 Å². The molecule has 1 atom stereocenters. The zero-order valence-electron chi connectivity index (χ0n) is 14.9. The number of carboxylic acid groups (broad SMARTS) is 1. The standard InChI is InChI=1S/C19H26N2O4/c1-14(10-16-4-3-9-25-16)12-20-7-5-19(6-8-20)11-17(18(23)24)21(13-19)15(2)22/h3-4,9-10,17H,5-8,11-13H2,1-2H3,(H,23,24)/b14-10+/t17-/m1/s1. The van der Waals surface area contributed by atoms with Crippen molar-refractivity contribution in [3.63, 3.8) is 0 Å². The Morgan fingerprint density at radius 1 is 1.36 bits per heavy atom. The first-order valence-corrected chi connectivity index (χ1v) is 8.82. The first-order valence-electron chi connectivity index (χ1n) is 8.82. The maximum absolute atomic E-state index is 11.8. The van der Waals surface area contributed by atoms with Gasteiger partial charge in [0.05, 0.1) is 6.26 Å². The number of rotatable bonds is 4. The van der Waals surface area contributed by atoms with Crippen LogP contribution >= 0.6 is 0 Å². The van der Waals surface area contributed by atoms with Gasteiger partial charge in [-0.15, -0.1) is 0 Å². The number of nitrogens with zero attached hydrogens (tertiary/aromatic N) is 2. The van der Waals surface area contributed by atoms with Crippen molar-refractivity contribution in [3.05, 3.63) is 29.7 Å². The lowest BCUT2D eigenvalue weighted by Crippen LogP contribution is -2.42. The highest BCUT2D eigenvalue weighted by atomic mass is 16.4. The molecule has 0 aromatic carbocycles. The Balaban J connectivity index is 1.58. The van der Waals surface area contributed by atoms with Gasteiger partial charge >= 0.3 is 5.97 Å². The molecule has 2 aliphatic heterocycles. The highest BCUT2D eigenvalue weighted by Crippen LogP contribution is 2.43. The molecule has 6 heteroatoms. The van der Waals surface area contributed by atoms with Gasteiger partial charge in [-0.25, -0.2) is 4.79 Å². The summed E-state index contributed by atoms with van der Waals surface area (Å²) in [5, 5.41) is 9.42. The summed E-state index contributed by atoms with van der Waals surface area (Å²) in [6.07, 6.45) is 6.18. The Labute approximate surface area is 148 Å². The zero-order valence-corrected chi connectivity index (χ0v) is 14.9. The molecule has 25 heavy (non-hydrogen) atoms. The van der Waals surface area contributed by atoms with Gasteiger partial charge in [-0.1, -0.05) is 5.57 Å². The molecule has 1 aromatic rings. The van der Waals surface area contributed by atoms with Crippen LogP contribution < -0.4 is 0 Å². The summed E-state index contributed by atoms with van der Waals surface area (Å²) in [4.78, 5) is 27.2. The third kappa shape index (κ3) is 3.95. The minimum Gasteiger partial charge on any atom is -0.480 e. The molecule has 0 aliphatic carbocycles. The molecule has 0 radical (unpaired) electrons. The van der Waals surface area contributed by atoms with Crippen molar-refractivity contribution in [2.75, 3.05) is 26.2 Å². The lowest BCUT2D eigenvalue weighted by atomic mass is 9.76. The lowest BCUT2D eigenvalue weighted by molar-refractivity contribution is -0.147. The topological polar surface area (TPSA) is 74.0 Å². The van der Waals surface area contributed by atoms with E-state index in [0.717, 1.165) is 38.2 Å². The number of carboxylic acids is 1. The molecule has 2 fully saturated rings. The molecule has 3 rings (SSSR count). The smallest absolute Gasteiger partial charge is 0.326 e. The second-order valence-corrected chi connectivity index (χ2v) is 7.49. The quantitative estimate of drug-likeness (QED) is 0.906. The number of hydrogen-bond donors (Lipinski definition) is 1. The molecule has 6 nitrogen and oxygen atoms in total. The second-order valence-electron chi connectivity index (χ2n) is 7.49. The zero-order chi connectivity index (χ0) is 18.0. The van der Waals surface area contributed by atoms with Crippen LogP contribution in [0.4, 0.5) is 0 Å². The number of furan rings is 1. The summed E-state index contributed by atoms with van der Waals surface area (Å²) in [6.45, 7) is 6.89. The van der Waals surface area contributed by atoms with E-state index >= 15 is 0 Å². The average molecular weight is 346 g/mol. The summed E-state index contributed by atoms with van der Waals surface area (Å²) in [7, 11) is 0. The van der Waals surface area contributed by atoms with E-state index in [0.29, 0.717) is 13.0 Å². The van der Waals surface area contributed by atoms with Crippen molar-refractivity contribution >= 4 is 18.0 Å². The van der Waals surface area contributed by atoms with Crippen LogP contribution in [0.1, 0.15) is 38.9 Å². The van der Waals surface area contributed by atoms with Gasteiger partial charge in [0.2, 0.25) is 5.91 Å². The Bertz CT molecular complexity index is 633. The van der Waals surface area contributed by atoms with Crippen molar-refractivity contribution in [2.24, 2.45) is 5.41 Å². The number of amides is 1. The fourth-order valence-electron chi connectivity index (χ4n) is 4.17. The molecule has 1 N–H and O–H groups in total. The molecule has 1 amide bonds. The highest BCUT2D eigenvalue weighted by molar-refractivity contribution is 5.83. The van der Waals surface area contributed by atoms with Gasteiger partial charge in [0.15, 0.2) is 0 Å². The van der Waals surface area contributed by atoms with Crippen LogP contribution in [-0.4, -0.2) is 59.0 Å². The van der Waals surface area contributed by atoms with Crippen molar-refractivity contribution < 1.29 is 19.1 Å². The third-order valence-electron chi connectivity index (χ3n) is 5.52. The van der Waals surface area contributed by atoms with E-state index in [1.807, 2.05) is 12.1 Å². The van der Waals surface area contributed by atoms with E-state index in [-0.39, 0.29) is 11.3 Å². The lowest BCUT2D eigenvalue weighted by Gasteiger charge is -2.39. The third-order valence-corrected chi connectivity index (χ3v) is 5.52. The number of aliphatic carboxylic acids is 1. The summed E-state index contributed by atoms with van der Waals surface area (Å²) in [6, 6.07) is 3.16. The predicted octanol–water partition coefficient (Wildman–Crippen LogP) is 2.47. The molecule has 0 bridgehead atoms. The van der Waals surface area contributed by atoms with Crippen LogP contribution in [0.2, 0.25) is 0 Å². The number of hydrogen-bond acceptors (Lipinski definition) is 4. The SMILES string of the molecule is CC(=O)N1CC2(CCN(C/C(C)=C/c3ccco3)CC2)C[C@@H]1C(=O)O. The molecule has 136 valence electrons. The first-order chi connectivity index (χ1) is 11.9. The molecule has 1 spiro atoms. The monoisotopic (exact) mass is 346 g/mol. The molecular weight excluding hydrogens is 320 g/mol. The number of likely N-dealkylation sites (tertiary alicyclic amines) is 2. The fourth-order valence-corrected chi connectivity index (χ4v) is 4.17. The first kappa shape index (κ1) is 17.7. The Kier molecular flexibility index (Phi) is 4.99. The van der Waals surface area contributed by atoms with E-state index in [1.54, 1.807) is 11.2 Å². The van der Waals surface area contributed by atoms with Crippen LogP contribution in [0.5, 0.6) is 0 Å². The van der Waals surface area contributed by atoms with Gasteiger partial charge in [0.25, 0.3) is 0 Å². The molecule has 2 saturated heterocycles. The minimum absolute atomic E-state index is 0.0378. The summed E-state index contributed by atoms with van der Waals surface area (Å²) in [5.41, 5.74) is 1.20. The molecule has 3 heterocycles. The van der Waals surface area contributed by atoms with Crippen LogP contribution in [0.25, 0.3) is 6.08 Å². The fraction of sp³-hybridized carbons (Fsp3) is 0.579. The molecule has 0 unspecified atom stereocenters. The van der Waals surface area contributed by atoms with Gasteiger partial charge in [0.1, 0.15) is 11.8 Å². The Morgan fingerprint density at radius 3 is 2.60 bits per heavy atom. The Hall–Kier alpha value is -2.08. The van der Waals surface area contributed by atoms with Crippen LogP contribution in [0.15, 0.2) is 28.4 Å². The van der Waals surface area contributed by atoms with Crippen molar-refractivity contribution in [3.8, 4) is 0 Å². The molecule has 1 aromatic heterocycles. The average Bonchev–Trinajstić information content (AvgIpc) is 3.18. The van der Waals surface area contributed by atoms with Crippen LogP contribution in [0.3, 0.4) is 0 Å². The van der Waals surface area contributed by atoms with E-state index in [9.17, 15) is 14.7 Å². The van der Waals surface area contributed by atoms with Crippen LogP contribution in [-0.2, 0) is 9.59 Å². The maximum Gasteiger partial charge on any atom is 0.326 e. The van der Waals surface area contributed by atoms with Crippen LogP contribution in [0, 0.1) is 5.41 Å². The summed E-state index contributed by atoms with van der Waals surface area (Å²) in [5.74, 6) is -0.154. The van der Waals surface area contributed by atoms with Crippen molar-refractivity contribution in [1.82, 2.24) is 9.80 Å². The second kappa shape index (κ2) is 7.04. The summed E-state index contributed by atoms with van der Waals surface area (Å²) >= 11 is 0. The largest absolute Gasteiger partial charge is 0.480 e. The Morgan fingerprint density at radius 2 is 2.08 bits per heavy atom. The number of carbonyl (C=O) groups is 2. The number of carbonyl (C=O) groups excluding carboxylic acids is 1. The van der Waals surface area contributed by atoms with Gasteiger partial charge in [0, 0.05) is 20.0 Å². The molecular formula is C19H26N2O4. The predicted molar refractivity (Wildman–Crippen MR) is 93.9 cm³/mol. The van der Waals surface area contributed by atoms with Gasteiger partial charge in [-0.3, -0.25) is 9.69 Å². The normalized spacial score (nSPS) is 24.0. The van der Waals surface area contributed by atoms with Gasteiger partial charge in [-0.05, 0) is 62.9 Å². The van der Waals surface area contributed by atoms with Gasteiger partial charge < -0.3 is 14.4 Å². The number of piperidine rings is 1. The van der Waals surface area contributed by atoms with Crippen molar-refractivity contribution in [1.29, 1.82) is 0 Å². The van der Waals surface area contributed by atoms with E-state index in [1.165, 1.54) is 12.5 Å². The molecule has 0 saturated carbocycles. The summed E-state index contributed by atoms with van der Waals surface area (Å²) < 4.78 is 5.35. The maximum atomic E-state index is 11.8. The van der Waals surface area contributed by atoms with E-state index < -0.39 is 12.0 Å².